The maximum atomic E-state index is 11.4. The van der Waals surface area contributed by atoms with Gasteiger partial charge < -0.3 is 4.74 Å². The topological polar surface area (TPSA) is 92.7 Å². The van der Waals surface area contributed by atoms with Crippen molar-refractivity contribution in [1.29, 1.82) is 0 Å². The normalized spacial score (nSPS) is 11.2. The zero-order valence-corrected chi connectivity index (χ0v) is 17.1. The van der Waals surface area contributed by atoms with Gasteiger partial charge in [-0.2, -0.15) is 8.42 Å². The van der Waals surface area contributed by atoms with Crippen LogP contribution in [0.25, 0.3) is 0 Å². The first-order valence-electron chi connectivity index (χ1n) is 8.54. The molecule has 2 N–H and O–H groups in total. The van der Waals surface area contributed by atoms with Crippen molar-refractivity contribution in [2.45, 2.75) is 51.5 Å². The van der Waals surface area contributed by atoms with Gasteiger partial charge in [-0.1, -0.05) is 36.8 Å². The molecule has 0 heterocycles. The lowest BCUT2D eigenvalue weighted by molar-refractivity contribution is 0.0636. The van der Waals surface area contributed by atoms with E-state index in [-0.39, 0.29) is 4.90 Å². The van der Waals surface area contributed by atoms with Gasteiger partial charge in [0.05, 0.1) is 4.90 Å². The number of ether oxygens (including phenoxy) is 1. The number of carbonyl (C=O) groups is 1. The maximum absolute atomic E-state index is 11.4. The van der Waals surface area contributed by atoms with E-state index in [1.165, 1.54) is 17.7 Å². The summed E-state index contributed by atoms with van der Waals surface area (Å²) in [6.07, 6.45) is 0.573. The van der Waals surface area contributed by atoms with Crippen molar-refractivity contribution >= 4 is 21.9 Å². The molecule has 0 saturated heterocycles. The van der Waals surface area contributed by atoms with Crippen molar-refractivity contribution in [2.24, 2.45) is 0 Å². The molecule has 0 unspecified atom stereocenters. The monoisotopic (exact) mass is 393 g/mol. The summed E-state index contributed by atoms with van der Waals surface area (Å²) in [6.45, 7) is 9.45. The Balaban J connectivity index is 0.000000289. The third-order valence-electron chi connectivity index (χ3n) is 3.33. The van der Waals surface area contributed by atoms with Crippen molar-refractivity contribution in [2.75, 3.05) is 5.32 Å². The van der Waals surface area contributed by atoms with Crippen LogP contribution in [0.2, 0.25) is 0 Å². The molecule has 0 bridgehead atoms. The van der Waals surface area contributed by atoms with Crippen LogP contribution in [0.5, 0.6) is 0 Å². The molecule has 2 rings (SSSR count). The summed E-state index contributed by atoms with van der Waals surface area (Å²) in [7, 11) is -4.02. The fourth-order valence-electron chi connectivity index (χ4n) is 1.96. The van der Waals surface area contributed by atoms with Crippen LogP contribution in [0.15, 0.2) is 53.4 Å². The quantitative estimate of drug-likeness (QED) is 0.728. The SMILES string of the molecule is CCc1ccc(NC(=O)OC(C)(C)C)cc1.Cc1ccc(S(=O)(=O)O)cc1. The van der Waals surface area contributed by atoms with Gasteiger partial charge in [-0.25, -0.2) is 4.79 Å². The van der Waals surface area contributed by atoms with E-state index in [1.807, 2.05) is 52.0 Å². The first kappa shape index (κ1) is 22.7. The lowest BCUT2D eigenvalue weighted by atomic mass is 10.1. The number of hydrogen-bond donors (Lipinski definition) is 2. The third-order valence-corrected chi connectivity index (χ3v) is 4.19. The van der Waals surface area contributed by atoms with Crippen molar-refractivity contribution in [3.63, 3.8) is 0 Å². The molecule has 0 atom stereocenters. The summed E-state index contributed by atoms with van der Waals surface area (Å²) >= 11 is 0. The molecule has 7 heteroatoms. The van der Waals surface area contributed by atoms with Crippen molar-refractivity contribution in [3.05, 3.63) is 59.7 Å². The van der Waals surface area contributed by atoms with Crippen LogP contribution in [0.3, 0.4) is 0 Å². The Labute approximate surface area is 161 Å². The number of anilines is 1. The average Bonchev–Trinajstić information content (AvgIpc) is 2.54. The van der Waals surface area contributed by atoms with Gasteiger partial charge in [0.15, 0.2) is 0 Å². The van der Waals surface area contributed by atoms with Gasteiger partial charge in [0.1, 0.15) is 5.60 Å². The molecule has 0 aliphatic rings. The molecule has 2 aromatic rings. The first-order valence-corrected chi connectivity index (χ1v) is 9.98. The number of nitrogens with one attached hydrogen (secondary N) is 1. The summed E-state index contributed by atoms with van der Waals surface area (Å²) in [5.41, 5.74) is 2.49. The van der Waals surface area contributed by atoms with E-state index in [0.29, 0.717) is 0 Å². The largest absolute Gasteiger partial charge is 0.444 e. The second-order valence-electron chi connectivity index (χ2n) is 6.97. The van der Waals surface area contributed by atoms with Gasteiger partial charge in [0.25, 0.3) is 10.1 Å². The minimum absolute atomic E-state index is 0.0666. The van der Waals surface area contributed by atoms with Crippen LogP contribution in [-0.2, 0) is 21.3 Å². The number of aryl methyl sites for hydroxylation is 2. The van der Waals surface area contributed by atoms with Gasteiger partial charge in [0, 0.05) is 5.69 Å². The van der Waals surface area contributed by atoms with E-state index in [9.17, 15) is 13.2 Å². The predicted molar refractivity (Wildman–Crippen MR) is 107 cm³/mol. The fraction of sp³-hybridized carbons (Fsp3) is 0.350. The van der Waals surface area contributed by atoms with Crippen molar-refractivity contribution in [3.8, 4) is 0 Å². The molecule has 0 fully saturated rings. The Bertz CT molecular complexity index is 835. The smallest absolute Gasteiger partial charge is 0.412 e. The second kappa shape index (κ2) is 9.53. The van der Waals surface area contributed by atoms with Crippen molar-refractivity contribution in [1.82, 2.24) is 0 Å². The van der Waals surface area contributed by atoms with Gasteiger partial charge in [-0.05, 0) is 63.9 Å². The number of carbonyl (C=O) groups excluding carboxylic acids is 1. The van der Waals surface area contributed by atoms with E-state index in [0.717, 1.165) is 17.7 Å². The Kier molecular flexibility index (Phi) is 7.99. The molecule has 27 heavy (non-hydrogen) atoms. The Morgan fingerprint density at radius 2 is 1.56 bits per heavy atom. The van der Waals surface area contributed by atoms with Gasteiger partial charge in [0.2, 0.25) is 0 Å². The zero-order chi connectivity index (χ0) is 20.7. The molecule has 2 aromatic carbocycles. The highest BCUT2D eigenvalue weighted by molar-refractivity contribution is 7.85. The third kappa shape index (κ3) is 9.21. The molecule has 0 spiro atoms. The average molecular weight is 394 g/mol. The van der Waals surface area contributed by atoms with Crippen LogP contribution in [-0.4, -0.2) is 24.7 Å². The molecule has 0 aliphatic heterocycles. The van der Waals surface area contributed by atoms with Crippen LogP contribution >= 0.6 is 0 Å². The molecule has 1 amide bonds. The molecular formula is C20H27NO5S. The summed E-state index contributed by atoms with van der Waals surface area (Å²) in [5.74, 6) is 0. The zero-order valence-electron chi connectivity index (χ0n) is 16.3. The molecule has 0 saturated carbocycles. The van der Waals surface area contributed by atoms with Gasteiger partial charge >= 0.3 is 6.09 Å². The van der Waals surface area contributed by atoms with Crippen molar-refractivity contribution < 1.29 is 22.5 Å². The summed E-state index contributed by atoms with van der Waals surface area (Å²) in [5, 5.41) is 2.69. The number of hydrogen-bond acceptors (Lipinski definition) is 4. The molecule has 0 radical (unpaired) electrons. The van der Waals surface area contributed by atoms with Crippen LogP contribution in [0, 0.1) is 6.92 Å². The molecule has 6 nitrogen and oxygen atoms in total. The van der Waals surface area contributed by atoms with E-state index in [1.54, 1.807) is 12.1 Å². The summed E-state index contributed by atoms with van der Waals surface area (Å²) in [6, 6.07) is 13.7. The summed E-state index contributed by atoms with van der Waals surface area (Å²) in [4.78, 5) is 11.4. The number of benzene rings is 2. The Morgan fingerprint density at radius 3 is 1.96 bits per heavy atom. The first-order chi connectivity index (χ1) is 12.4. The van der Waals surface area contributed by atoms with Crippen LogP contribution in [0.4, 0.5) is 10.5 Å². The Morgan fingerprint density at radius 1 is 1.04 bits per heavy atom. The van der Waals surface area contributed by atoms with E-state index in [2.05, 4.69) is 12.2 Å². The molecule has 0 aliphatic carbocycles. The molecule has 0 aromatic heterocycles. The van der Waals surface area contributed by atoms with Crippen LogP contribution < -0.4 is 5.32 Å². The summed E-state index contributed by atoms with van der Waals surface area (Å²) < 4.78 is 34.7. The van der Waals surface area contributed by atoms with Crippen LogP contribution in [0.1, 0.15) is 38.8 Å². The highest BCUT2D eigenvalue weighted by Gasteiger charge is 2.15. The maximum Gasteiger partial charge on any atom is 0.412 e. The number of rotatable bonds is 3. The highest BCUT2D eigenvalue weighted by atomic mass is 32.2. The second-order valence-corrected chi connectivity index (χ2v) is 8.39. The minimum Gasteiger partial charge on any atom is -0.444 e. The van der Waals surface area contributed by atoms with E-state index >= 15 is 0 Å². The fourth-order valence-corrected chi connectivity index (χ4v) is 2.44. The lowest BCUT2D eigenvalue weighted by Crippen LogP contribution is -2.27. The molecule has 148 valence electrons. The predicted octanol–water partition coefficient (Wildman–Crippen LogP) is 4.84. The van der Waals surface area contributed by atoms with Gasteiger partial charge in [-0.15, -0.1) is 0 Å². The molecular weight excluding hydrogens is 366 g/mol. The van der Waals surface area contributed by atoms with E-state index < -0.39 is 21.8 Å². The lowest BCUT2D eigenvalue weighted by Gasteiger charge is -2.19. The van der Waals surface area contributed by atoms with E-state index in [4.69, 9.17) is 9.29 Å². The standard InChI is InChI=1S/C13H19NO2.C7H8O3S/c1-5-10-6-8-11(9-7-10)14-12(15)16-13(2,3)4;1-6-2-4-7(5-3-6)11(8,9)10/h6-9H,5H2,1-4H3,(H,14,15);2-5H,1H3,(H,8,9,10). The Hall–Kier alpha value is -2.38. The van der Waals surface area contributed by atoms with Gasteiger partial charge in [-0.3, -0.25) is 9.87 Å². The highest BCUT2D eigenvalue weighted by Crippen LogP contribution is 2.13. The number of amides is 1. The minimum atomic E-state index is -4.02.